The molecule has 166 valence electrons. The lowest BCUT2D eigenvalue weighted by molar-refractivity contribution is -0.139. The van der Waals surface area contributed by atoms with Crippen LogP contribution in [0.1, 0.15) is 24.6 Å². The topological polar surface area (TPSA) is 84.6 Å². The van der Waals surface area contributed by atoms with E-state index in [9.17, 15) is 9.90 Å². The molecule has 3 rings (SSSR count). The Kier molecular flexibility index (Phi) is 7.78. The van der Waals surface area contributed by atoms with Crippen molar-refractivity contribution in [3.8, 4) is 5.75 Å². The van der Waals surface area contributed by atoms with Crippen molar-refractivity contribution >= 4 is 34.3 Å². The van der Waals surface area contributed by atoms with Crippen molar-refractivity contribution < 1.29 is 19.7 Å². The minimum atomic E-state index is -1.00. The molecular formula is C25H26N2O4S. The van der Waals surface area contributed by atoms with Gasteiger partial charge in [-0.25, -0.2) is 9.48 Å². The minimum absolute atomic E-state index is 0.294. The van der Waals surface area contributed by atoms with Gasteiger partial charge in [0.15, 0.2) is 6.61 Å². The Morgan fingerprint density at radius 1 is 1.22 bits per heavy atom. The van der Waals surface area contributed by atoms with Crippen molar-refractivity contribution in [2.45, 2.75) is 30.9 Å². The Labute approximate surface area is 191 Å². The zero-order valence-electron chi connectivity index (χ0n) is 18.1. The van der Waals surface area contributed by atoms with Gasteiger partial charge in [-0.15, -0.1) is 11.8 Å². The molecule has 0 spiro atoms. The van der Waals surface area contributed by atoms with Crippen LogP contribution < -0.4 is 4.74 Å². The lowest BCUT2D eigenvalue weighted by atomic mass is 10.2. The fourth-order valence-electron chi connectivity index (χ4n) is 3.12. The van der Waals surface area contributed by atoms with Crippen LogP contribution in [0.4, 0.5) is 0 Å². The predicted octanol–water partition coefficient (Wildman–Crippen LogP) is 5.98. The van der Waals surface area contributed by atoms with Crippen molar-refractivity contribution in [3.63, 3.8) is 0 Å². The van der Waals surface area contributed by atoms with E-state index in [1.807, 2.05) is 54.9 Å². The molecular weight excluding hydrogens is 424 g/mol. The summed E-state index contributed by atoms with van der Waals surface area (Å²) in [6, 6.07) is 13.7. The number of carbonyl (C=O) groups is 1. The fraction of sp³-hybridized carbons (Fsp3) is 0.200. The van der Waals surface area contributed by atoms with Crippen LogP contribution in [-0.2, 0) is 10.5 Å². The van der Waals surface area contributed by atoms with Crippen molar-refractivity contribution in [3.05, 3.63) is 84.3 Å². The second-order valence-electron chi connectivity index (χ2n) is 7.08. The summed E-state index contributed by atoms with van der Waals surface area (Å²) in [4.78, 5) is 11.8. The number of thioether (sulfide) groups is 1. The zero-order chi connectivity index (χ0) is 23.1. The number of rotatable bonds is 10. The van der Waals surface area contributed by atoms with Gasteiger partial charge in [0, 0.05) is 22.5 Å². The smallest absolute Gasteiger partial charge is 0.341 e. The largest absolute Gasteiger partial charge is 0.512 e. The number of carboxylic acids is 1. The molecule has 0 atom stereocenters. The second kappa shape index (κ2) is 10.7. The molecule has 0 aliphatic rings. The van der Waals surface area contributed by atoms with Crippen LogP contribution >= 0.6 is 11.8 Å². The lowest BCUT2D eigenvalue weighted by Crippen LogP contribution is -2.09. The van der Waals surface area contributed by atoms with Crippen molar-refractivity contribution in [2.75, 3.05) is 6.61 Å². The van der Waals surface area contributed by atoms with Gasteiger partial charge in [0.05, 0.1) is 22.7 Å². The van der Waals surface area contributed by atoms with Crippen LogP contribution in [0.25, 0.3) is 16.6 Å². The number of allylic oxidation sites excluding steroid dienone is 5. The first-order chi connectivity index (χ1) is 15.4. The van der Waals surface area contributed by atoms with E-state index in [1.54, 1.807) is 36.1 Å². The molecule has 1 aromatic heterocycles. The number of ether oxygens (including phenoxy) is 1. The molecule has 0 bridgehead atoms. The molecule has 0 amide bonds. The number of fused-ring (bicyclic) bond motifs is 1. The van der Waals surface area contributed by atoms with E-state index >= 15 is 0 Å². The highest BCUT2D eigenvalue weighted by atomic mass is 32.2. The van der Waals surface area contributed by atoms with Crippen LogP contribution in [-0.4, -0.2) is 32.6 Å². The molecule has 0 aliphatic carbocycles. The summed E-state index contributed by atoms with van der Waals surface area (Å²) in [5.74, 6) is 0.514. The maximum atomic E-state index is 10.7. The molecule has 2 aromatic carbocycles. The fourth-order valence-corrected chi connectivity index (χ4v) is 4.06. The van der Waals surface area contributed by atoms with E-state index in [4.69, 9.17) is 14.9 Å². The number of aliphatic hydroxyl groups excluding tert-OH is 1. The summed E-state index contributed by atoms with van der Waals surface area (Å²) in [5, 5.41) is 24.5. The number of hydrogen-bond acceptors (Lipinski definition) is 5. The Morgan fingerprint density at radius 3 is 2.69 bits per heavy atom. The maximum Gasteiger partial charge on any atom is 0.341 e. The standard InChI is InChI=1S/C25H26N2O4S/c1-4-18(10-11-19(28)5-2)27-23-9-7-6-8-21(23)22(26-27)16-32-20-12-13-24(17(3)14-20)31-15-25(29)30/h4,6-14,28H,1,5,15-16H2,2-3H3,(H,29,30)/b18-10+,19-11+. The molecule has 0 aliphatic heterocycles. The van der Waals surface area contributed by atoms with Crippen LogP contribution in [0.5, 0.6) is 5.75 Å². The van der Waals surface area contributed by atoms with Crippen LogP contribution in [0, 0.1) is 6.92 Å². The predicted molar refractivity (Wildman–Crippen MR) is 129 cm³/mol. The molecule has 0 saturated heterocycles. The maximum absolute atomic E-state index is 10.7. The zero-order valence-corrected chi connectivity index (χ0v) is 18.9. The van der Waals surface area contributed by atoms with Gasteiger partial charge in [-0.1, -0.05) is 31.7 Å². The highest BCUT2D eigenvalue weighted by Crippen LogP contribution is 2.31. The number of para-hydroxylation sites is 1. The van der Waals surface area contributed by atoms with Gasteiger partial charge >= 0.3 is 5.97 Å². The summed E-state index contributed by atoms with van der Waals surface area (Å²) in [7, 11) is 0. The molecule has 7 heteroatoms. The number of aliphatic hydroxyl groups is 1. The first kappa shape index (κ1) is 23.2. The molecule has 3 aromatic rings. The minimum Gasteiger partial charge on any atom is -0.512 e. The first-order valence-corrected chi connectivity index (χ1v) is 11.2. The Balaban J connectivity index is 1.85. The summed E-state index contributed by atoms with van der Waals surface area (Å²) < 4.78 is 7.14. The quantitative estimate of drug-likeness (QED) is 0.225. The molecule has 1 heterocycles. The van der Waals surface area contributed by atoms with Crippen molar-refractivity contribution in [2.24, 2.45) is 0 Å². The van der Waals surface area contributed by atoms with Gasteiger partial charge in [0.1, 0.15) is 5.75 Å². The molecule has 0 saturated carbocycles. The average Bonchev–Trinajstić information content (AvgIpc) is 3.16. The van der Waals surface area contributed by atoms with E-state index < -0.39 is 5.97 Å². The normalized spacial score (nSPS) is 12.2. The Morgan fingerprint density at radius 2 is 2.00 bits per heavy atom. The highest BCUT2D eigenvalue weighted by molar-refractivity contribution is 7.98. The molecule has 32 heavy (non-hydrogen) atoms. The molecule has 6 nitrogen and oxygen atoms in total. The van der Waals surface area contributed by atoms with Gasteiger partial charge in [-0.3, -0.25) is 0 Å². The SMILES string of the molecule is C=C/C(=C\C=C(\O)CC)n1nc(CSc2ccc(OCC(=O)O)c(C)c2)c2ccccc21. The number of aliphatic carboxylic acids is 1. The number of hydrogen-bond donors (Lipinski definition) is 2. The highest BCUT2D eigenvalue weighted by Gasteiger charge is 2.13. The molecule has 0 fully saturated rings. The van der Waals surface area contributed by atoms with E-state index in [-0.39, 0.29) is 6.61 Å². The number of carboxylic acid groups (broad SMARTS) is 1. The van der Waals surface area contributed by atoms with Gasteiger partial charge in [0.2, 0.25) is 0 Å². The summed E-state index contributed by atoms with van der Waals surface area (Å²) in [6.07, 6.45) is 5.75. The van der Waals surface area contributed by atoms with E-state index in [2.05, 4.69) is 6.58 Å². The van der Waals surface area contributed by atoms with Gasteiger partial charge in [-0.2, -0.15) is 5.10 Å². The third-order valence-electron chi connectivity index (χ3n) is 4.80. The summed E-state index contributed by atoms with van der Waals surface area (Å²) in [5.41, 5.74) is 3.55. The van der Waals surface area contributed by atoms with E-state index in [1.165, 1.54) is 0 Å². The summed E-state index contributed by atoms with van der Waals surface area (Å²) in [6.45, 7) is 7.32. The second-order valence-corrected chi connectivity index (χ2v) is 8.13. The third kappa shape index (κ3) is 5.62. The third-order valence-corrected chi connectivity index (χ3v) is 5.80. The number of aryl methyl sites for hydroxylation is 1. The van der Waals surface area contributed by atoms with Gasteiger partial charge < -0.3 is 14.9 Å². The van der Waals surface area contributed by atoms with Crippen LogP contribution in [0.15, 0.2) is 77.9 Å². The molecule has 0 radical (unpaired) electrons. The Hall–Kier alpha value is -3.45. The molecule has 0 unspecified atom stereocenters. The number of aromatic nitrogens is 2. The van der Waals surface area contributed by atoms with E-state index in [0.29, 0.717) is 23.7 Å². The summed E-state index contributed by atoms with van der Waals surface area (Å²) >= 11 is 1.65. The van der Waals surface area contributed by atoms with Crippen molar-refractivity contribution in [1.82, 2.24) is 9.78 Å². The average molecular weight is 451 g/mol. The van der Waals surface area contributed by atoms with E-state index in [0.717, 1.165) is 32.8 Å². The van der Waals surface area contributed by atoms with Crippen LogP contribution in [0.2, 0.25) is 0 Å². The van der Waals surface area contributed by atoms with Gasteiger partial charge in [-0.05, 0) is 55.0 Å². The van der Waals surface area contributed by atoms with Crippen molar-refractivity contribution in [1.29, 1.82) is 0 Å². The Bertz CT molecular complexity index is 1190. The number of nitrogens with zero attached hydrogens (tertiary/aromatic N) is 2. The number of benzene rings is 2. The van der Waals surface area contributed by atoms with Gasteiger partial charge in [0.25, 0.3) is 0 Å². The first-order valence-electron chi connectivity index (χ1n) is 10.2. The van der Waals surface area contributed by atoms with Crippen LogP contribution in [0.3, 0.4) is 0 Å². The molecule has 2 N–H and O–H groups in total. The lowest BCUT2D eigenvalue weighted by Gasteiger charge is -2.08. The monoisotopic (exact) mass is 450 g/mol.